The zero-order valence-corrected chi connectivity index (χ0v) is 13.3. The molecule has 0 aliphatic rings. The molecule has 0 fully saturated rings. The fourth-order valence-electron chi connectivity index (χ4n) is 1.99. The number of nitrogens with two attached hydrogens (primary N) is 1. The van der Waals surface area contributed by atoms with Gasteiger partial charge in [-0.15, -0.1) is 0 Å². The number of rotatable bonds is 5. The molecule has 0 spiro atoms. The van der Waals surface area contributed by atoms with Gasteiger partial charge in [0, 0.05) is 22.9 Å². The minimum Gasteiger partial charge on any atom is -0.497 e. The molecule has 0 unspecified atom stereocenters. The van der Waals surface area contributed by atoms with E-state index in [-0.39, 0.29) is 5.91 Å². The Morgan fingerprint density at radius 2 is 1.78 bits per heavy atom. The molecular formula is C17H19N3O3. The second-order valence-electron chi connectivity index (χ2n) is 4.83. The normalized spacial score (nSPS) is 11.0. The number of hydrazone groups is 1. The van der Waals surface area contributed by atoms with E-state index in [4.69, 9.17) is 15.2 Å². The molecule has 0 atom stereocenters. The Bertz CT molecular complexity index is 724. The first-order valence-electron chi connectivity index (χ1n) is 6.97. The third-order valence-electron chi connectivity index (χ3n) is 3.30. The topological polar surface area (TPSA) is 85.9 Å². The quantitative estimate of drug-likeness (QED) is 0.504. The Hall–Kier alpha value is -3.02. The molecule has 2 aromatic carbocycles. The molecule has 3 N–H and O–H groups in total. The molecule has 6 nitrogen and oxygen atoms in total. The molecule has 120 valence electrons. The number of carbonyl (C=O) groups is 1. The van der Waals surface area contributed by atoms with Gasteiger partial charge in [0.1, 0.15) is 11.5 Å². The molecule has 0 bridgehead atoms. The SMILES string of the molecule is COc1ccc(C(C)=NNC(=O)c2ccc(N)cc2)c(OC)c1. The van der Waals surface area contributed by atoms with Crippen molar-refractivity contribution in [3.8, 4) is 11.5 Å². The molecule has 0 heterocycles. The molecule has 6 heteroatoms. The van der Waals surface area contributed by atoms with E-state index >= 15 is 0 Å². The molecule has 1 amide bonds. The lowest BCUT2D eigenvalue weighted by molar-refractivity contribution is 0.0955. The molecule has 0 aliphatic carbocycles. The number of hydrogen-bond acceptors (Lipinski definition) is 5. The van der Waals surface area contributed by atoms with Crippen molar-refractivity contribution in [2.45, 2.75) is 6.92 Å². The van der Waals surface area contributed by atoms with Gasteiger partial charge in [-0.3, -0.25) is 4.79 Å². The van der Waals surface area contributed by atoms with Crippen LogP contribution < -0.4 is 20.6 Å². The highest BCUT2D eigenvalue weighted by Crippen LogP contribution is 2.25. The molecule has 2 aromatic rings. The van der Waals surface area contributed by atoms with Crippen LogP contribution >= 0.6 is 0 Å². The van der Waals surface area contributed by atoms with Crippen molar-refractivity contribution in [3.05, 3.63) is 53.6 Å². The van der Waals surface area contributed by atoms with E-state index in [0.717, 1.165) is 5.56 Å². The van der Waals surface area contributed by atoms with E-state index < -0.39 is 0 Å². The summed E-state index contributed by atoms with van der Waals surface area (Å²) in [6, 6.07) is 12.0. The standard InChI is InChI=1S/C17H19N3O3/c1-11(15-9-8-14(22-2)10-16(15)23-3)19-20-17(21)12-4-6-13(18)7-5-12/h4-10H,18H2,1-3H3,(H,20,21). The summed E-state index contributed by atoms with van der Waals surface area (Å²) in [5, 5.41) is 4.12. The monoisotopic (exact) mass is 313 g/mol. The van der Waals surface area contributed by atoms with Crippen LogP contribution in [-0.4, -0.2) is 25.8 Å². The van der Waals surface area contributed by atoms with Gasteiger partial charge in [0.25, 0.3) is 5.91 Å². The summed E-state index contributed by atoms with van der Waals surface area (Å²) in [6.07, 6.45) is 0. The molecular weight excluding hydrogens is 294 g/mol. The first-order chi connectivity index (χ1) is 11.0. The lowest BCUT2D eigenvalue weighted by atomic mass is 10.1. The maximum atomic E-state index is 12.0. The van der Waals surface area contributed by atoms with Crippen LogP contribution in [0, 0.1) is 0 Å². The summed E-state index contributed by atoms with van der Waals surface area (Å²) in [4.78, 5) is 12.0. The molecule has 2 rings (SSSR count). The summed E-state index contributed by atoms with van der Waals surface area (Å²) in [7, 11) is 3.15. The Balaban J connectivity index is 2.16. The number of nitrogens with zero attached hydrogens (tertiary/aromatic N) is 1. The number of hydrogen-bond donors (Lipinski definition) is 2. The summed E-state index contributed by atoms with van der Waals surface area (Å²) in [5.41, 5.74) is 10.6. The average molecular weight is 313 g/mol. The zero-order chi connectivity index (χ0) is 16.8. The van der Waals surface area contributed by atoms with Gasteiger partial charge in [0.15, 0.2) is 0 Å². The van der Waals surface area contributed by atoms with Gasteiger partial charge >= 0.3 is 0 Å². The van der Waals surface area contributed by atoms with Crippen LogP contribution in [0.2, 0.25) is 0 Å². The van der Waals surface area contributed by atoms with Crippen LogP contribution in [0.15, 0.2) is 47.6 Å². The highest BCUT2D eigenvalue weighted by atomic mass is 16.5. The molecule has 0 aliphatic heterocycles. The van der Waals surface area contributed by atoms with E-state index in [1.165, 1.54) is 0 Å². The first-order valence-corrected chi connectivity index (χ1v) is 6.97. The highest BCUT2D eigenvalue weighted by Gasteiger charge is 2.09. The van der Waals surface area contributed by atoms with Crippen LogP contribution in [0.3, 0.4) is 0 Å². The maximum absolute atomic E-state index is 12.0. The van der Waals surface area contributed by atoms with E-state index in [2.05, 4.69) is 10.5 Å². The predicted molar refractivity (Wildman–Crippen MR) is 90.1 cm³/mol. The van der Waals surface area contributed by atoms with Gasteiger partial charge < -0.3 is 15.2 Å². The number of benzene rings is 2. The molecule has 0 saturated heterocycles. The van der Waals surface area contributed by atoms with Gasteiger partial charge in [0.2, 0.25) is 0 Å². The van der Waals surface area contributed by atoms with E-state index in [9.17, 15) is 4.79 Å². The van der Waals surface area contributed by atoms with Crippen molar-refractivity contribution in [3.63, 3.8) is 0 Å². The zero-order valence-electron chi connectivity index (χ0n) is 13.3. The van der Waals surface area contributed by atoms with Gasteiger partial charge in [-0.1, -0.05) is 0 Å². The number of nitrogens with one attached hydrogen (secondary N) is 1. The fraction of sp³-hybridized carbons (Fsp3) is 0.176. The molecule has 0 radical (unpaired) electrons. The van der Waals surface area contributed by atoms with Crippen molar-refractivity contribution in [1.82, 2.24) is 5.43 Å². The number of carbonyl (C=O) groups excluding carboxylic acids is 1. The molecule has 0 aromatic heterocycles. The van der Waals surface area contributed by atoms with Gasteiger partial charge in [-0.25, -0.2) is 5.43 Å². The van der Waals surface area contributed by atoms with Crippen LogP contribution in [0.25, 0.3) is 0 Å². The largest absolute Gasteiger partial charge is 0.497 e. The Morgan fingerprint density at radius 1 is 1.09 bits per heavy atom. The van der Waals surface area contributed by atoms with Crippen LogP contribution in [0.1, 0.15) is 22.8 Å². The Kier molecular flexibility index (Phi) is 5.19. The Labute approximate surface area is 134 Å². The van der Waals surface area contributed by atoms with Crippen molar-refractivity contribution in [2.75, 3.05) is 20.0 Å². The summed E-state index contributed by atoms with van der Waals surface area (Å²) in [5.74, 6) is 0.994. The van der Waals surface area contributed by atoms with Crippen molar-refractivity contribution < 1.29 is 14.3 Å². The number of anilines is 1. The summed E-state index contributed by atoms with van der Waals surface area (Å²) < 4.78 is 10.5. The lowest BCUT2D eigenvalue weighted by Gasteiger charge is -2.10. The number of amides is 1. The summed E-state index contributed by atoms with van der Waals surface area (Å²) in [6.45, 7) is 1.79. The molecule has 23 heavy (non-hydrogen) atoms. The maximum Gasteiger partial charge on any atom is 0.271 e. The number of methoxy groups -OCH3 is 2. The molecule has 0 saturated carbocycles. The minimum absolute atomic E-state index is 0.308. The van der Waals surface area contributed by atoms with Gasteiger partial charge in [0.05, 0.1) is 19.9 Å². The van der Waals surface area contributed by atoms with Crippen LogP contribution in [0.4, 0.5) is 5.69 Å². The van der Waals surface area contributed by atoms with Crippen LogP contribution in [0.5, 0.6) is 11.5 Å². The number of nitrogen functional groups attached to an aromatic ring is 1. The lowest BCUT2D eigenvalue weighted by Crippen LogP contribution is -2.19. The van der Waals surface area contributed by atoms with Crippen molar-refractivity contribution in [2.24, 2.45) is 5.10 Å². The Morgan fingerprint density at radius 3 is 2.39 bits per heavy atom. The number of ether oxygens (including phenoxy) is 2. The average Bonchev–Trinajstić information content (AvgIpc) is 2.59. The first kappa shape index (κ1) is 16.4. The van der Waals surface area contributed by atoms with E-state index in [0.29, 0.717) is 28.5 Å². The summed E-state index contributed by atoms with van der Waals surface area (Å²) >= 11 is 0. The third kappa shape index (κ3) is 4.00. The van der Waals surface area contributed by atoms with Crippen LogP contribution in [-0.2, 0) is 0 Å². The predicted octanol–water partition coefficient (Wildman–Crippen LogP) is 2.44. The third-order valence-corrected chi connectivity index (χ3v) is 3.30. The van der Waals surface area contributed by atoms with Crippen molar-refractivity contribution in [1.29, 1.82) is 0 Å². The smallest absolute Gasteiger partial charge is 0.271 e. The van der Waals surface area contributed by atoms with E-state index in [1.54, 1.807) is 57.5 Å². The van der Waals surface area contributed by atoms with E-state index in [1.807, 2.05) is 6.07 Å². The second-order valence-corrected chi connectivity index (χ2v) is 4.83. The second kappa shape index (κ2) is 7.31. The van der Waals surface area contributed by atoms with Gasteiger partial charge in [-0.05, 0) is 43.3 Å². The highest BCUT2D eigenvalue weighted by molar-refractivity contribution is 6.02. The fourth-order valence-corrected chi connectivity index (χ4v) is 1.99. The van der Waals surface area contributed by atoms with Gasteiger partial charge in [-0.2, -0.15) is 5.10 Å². The van der Waals surface area contributed by atoms with Crippen molar-refractivity contribution >= 4 is 17.3 Å². The minimum atomic E-state index is -0.308.